The van der Waals surface area contributed by atoms with Crippen LogP contribution in [-0.4, -0.2) is 24.2 Å². The summed E-state index contributed by atoms with van der Waals surface area (Å²) in [7, 11) is 1.95. The van der Waals surface area contributed by atoms with Crippen LogP contribution in [0.2, 0.25) is 0 Å². The Morgan fingerprint density at radius 3 is 2.73 bits per heavy atom. The molecule has 0 heterocycles. The second-order valence-corrected chi connectivity index (χ2v) is 3.89. The molecule has 0 unspecified atom stereocenters. The number of carboxylic acids is 1. The summed E-state index contributed by atoms with van der Waals surface area (Å²) in [6, 6.07) is 5.65. The number of nitrogens with two attached hydrogens (primary N) is 1. The standard InChI is InChI=1S/C11H14N2O2/c1-13(7-5-6-7)9-4-2-3-8(10(9)12)11(14)15/h2-4,7H,5-6,12H2,1H3,(H,14,15). The lowest BCUT2D eigenvalue weighted by molar-refractivity contribution is 0.0698. The van der Waals surface area contributed by atoms with Gasteiger partial charge < -0.3 is 15.7 Å². The van der Waals surface area contributed by atoms with Crippen molar-refractivity contribution in [3.05, 3.63) is 23.8 Å². The molecule has 0 spiro atoms. The lowest BCUT2D eigenvalue weighted by Gasteiger charge is -2.21. The van der Waals surface area contributed by atoms with Crippen LogP contribution in [0.25, 0.3) is 0 Å². The Morgan fingerprint density at radius 1 is 1.53 bits per heavy atom. The highest BCUT2D eigenvalue weighted by atomic mass is 16.4. The van der Waals surface area contributed by atoms with E-state index in [0.29, 0.717) is 11.7 Å². The Morgan fingerprint density at radius 2 is 2.20 bits per heavy atom. The average Bonchev–Trinajstić information content (AvgIpc) is 3.00. The molecule has 0 aliphatic heterocycles. The monoisotopic (exact) mass is 206 g/mol. The summed E-state index contributed by atoms with van der Waals surface area (Å²) < 4.78 is 0. The molecule has 0 saturated heterocycles. The van der Waals surface area contributed by atoms with Crippen molar-refractivity contribution in [2.75, 3.05) is 17.7 Å². The van der Waals surface area contributed by atoms with Gasteiger partial charge in [-0.15, -0.1) is 0 Å². The molecule has 1 aromatic carbocycles. The van der Waals surface area contributed by atoms with Crippen LogP contribution >= 0.6 is 0 Å². The summed E-state index contributed by atoms with van der Waals surface area (Å²) in [6.07, 6.45) is 2.32. The van der Waals surface area contributed by atoms with E-state index < -0.39 is 5.97 Å². The number of nitrogen functional groups attached to an aromatic ring is 1. The molecule has 0 aromatic heterocycles. The van der Waals surface area contributed by atoms with E-state index in [-0.39, 0.29) is 5.56 Å². The van der Waals surface area contributed by atoms with Crippen molar-refractivity contribution < 1.29 is 9.90 Å². The Bertz CT molecular complexity index is 400. The summed E-state index contributed by atoms with van der Waals surface area (Å²) in [5.74, 6) is -0.974. The Hall–Kier alpha value is -1.71. The van der Waals surface area contributed by atoms with Gasteiger partial charge in [0.05, 0.1) is 16.9 Å². The predicted molar refractivity (Wildman–Crippen MR) is 59.2 cm³/mol. The molecule has 1 aromatic rings. The number of nitrogens with zero attached hydrogens (tertiary/aromatic N) is 1. The summed E-state index contributed by atoms with van der Waals surface area (Å²) in [4.78, 5) is 12.9. The van der Waals surface area contributed by atoms with Crippen LogP contribution in [0, 0.1) is 0 Å². The summed E-state index contributed by atoms with van der Waals surface area (Å²) >= 11 is 0. The van der Waals surface area contributed by atoms with E-state index in [2.05, 4.69) is 4.90 Å². The average molecular weight is 206 g/mol. The van der Waals surface area contributed by atoms with Crippen LogP contribution in [0.15, 0.2) is 18.2 Å². The highest BCUT2D eigenvalue weighted by molar-refractivity contribution is 5.97. The predicted octanol–water partition coefficient (Wildman–Crippen LogP) is 1.57. The van der Waals surface area contributed by atoms with E-state index in [1.54, 1.807) is 6.07 Å². The number of rotatable bonds is 3. The molecule has 3 N–H and O–H groups in total. The normalized spacial score (nSPS) is 15.0. The van der Waals surface area contributed by atoms with E-state index >= 15 is 0 Å². The third-order valence-corrected chi connectivity index (χ3v) is 2.79. The number of hydrogen-bond donors (Lipinski definition) is 2. The van der Waals surface area contributed by atoms with Gasteiger partial charge in [-0.25, -0.2) is 4.79 Å². The number of para-hydroxylation sites is 1. The molecule has 15 heavy (non-hydrogen) atoms. The molecule has 0 radical (unpaired) electrons. The zero-order chi connectivity index (χ0) is 11.0. The van der Waals surface area contributed by atoms with Gasteiger partial charge in [0, 0.05) is 13.1 Å². The van der Waals surface area contributed by atoms with Gasteiger partial charge >= 0.3 is 5.97 Å². The van der Waals surface area contributed by atoms with Crippen LogP contribution in [0.5, 0.6) is 0 Å². The van der Waals surface area contributed by atoms with Gasteiger partial charge in [0.1, 0.15) is 0 Å². The van der Waals surface area contributed by atoms with Gasteiger partial charge in [-0.2, -0.15) is 0 Å². The zero-order valence-corrected chi connectivity index (χ0v) is 8.60. The molecule has 1 fully saturated rings. The second-order valence-electron chi connectivity index (χ2n) is 3.89. The number of carbonyl (C=O) groups is 1. The SMILES string of the molecule is CN(c1cccc(C(=O)O)c1N)C1CC1. The number of aromatic carboxylic acids is 1. The minimum atomic E-state index is -0.974. The smallest absolute Gasteiger partial charge is 0.337 e. The van der Waals surface area contributed by atoms with Crippen molar-refractivity contribution in [1.82, 2.24) is 0 Å². The van der Waals surface area contributed by atoms with Gasteiger partial charge in [0.25, 0.3) is 0 Å². The van der Waals surface area contributed by atoms with E-state index in [9.17, 15) is 4.79 Å². The maximum atomic E-state index is 10.9. The number of benzene rings is 1. The minimum absolute atomic E-state index is 0.181. The molecule has 1 saturated carbocycles. The largest absolute Gasteiger partial charge is 0.478 e. The Labute approximate surface area is 88.3 Å². The van der Waals surface area contributed by atoms with Crippen LogP contribution in [0.4, 0.5) is 11.4 Å². The lowest BCUT2D eigenvalue weighted by atomic mass is 10.1. The van der Waals surface area contributed by atoms with Crippen molar-refractivity contribution >= 4 is 17.3 Å². The molecular weight excluding hydrogens is 192 g/mol. The van der Waals surface area contributed by atoms with Gasteiger partial charge in [-0.1, -0.05) is 6.07 Å². The fraction of sp³-hybridized carbons (Fsp3) is 0.364. The molecule has 4 heteroatoms. The third kappa shape index (κ3) is 1.75. The molecular formula is C11H14N2O2. The first-order valence-electron chi connectivity index (χ1n) is 4.96. The fourth-order valence-electron chi connectivity index (χ4n) is 1.71. The van der Waals surface area contributed by atoms with E-state index in [4.69, 9.17) is 10.8 Å². The maximum absolute atomic E-state index is 10.9. The van der Waals surface area contributed by atoms with Crippen molar-refractivity contribution in [3.8, 4) is 0 Å². The second kappa shape index (κ2) is 3.46. The Kier molecular flexibility index (Phi) is 2.26. The van der Waals surface area contributed by atoms with Gasteiger partial charge in [-0.05, 0) is 25.0 Å². The molecule has 1 aliphatic rings. The lowest BCUT2D eigenvalue weighted by Crippen LogP contribution is -2.21. The third-order valence-electron chi connectivity index (χ3n) is 2.79. The molecule has 2 rings (SSSR count). The van der Waals surface area contributed by atoms with E-state index in [1.807, 2.05) is 13.1 Å². The summed E-state index contributed by atoms with van der Waals surface area (Å²) in [5.41, 5.74) is 7.19. The molecule has 0 amide bonds. The Balaban J connectivity index is 2.38. The first-order chi connectivity index (χ1) is 7.11. The van der Waals surface area contributed by atoms with E-state index in [1.165, 1.54) is 6.07 Å². The first kappa shape index (κ1) is 9.83. The molecule has 0 atom stereocenters. The van der Waals surface area contributed by atoms with Crippen molar-refractivity contribution in [1.29, 1.82) is 0 Å². The quantitative estimate of drug-likeness (QED) is 0.736. The van der Waals surface area contributed by atoms with Crippen LogP contribution < -0.4 is 10.6 Å². The maximum Gasteiger partial charge on any atom is 0.337 e. The highest BCUT2D eigenvalue weighted by Crippen LogP contribution is 2.34. The molecule has 4 nitrogen and oxygen atoms in total. The topological polar surface area (TPSA) is 66.6 Å². The van der Waals surface area contributed by atoms with Crippen molar-refractivity contribution in [3.63, 3.8) is 0 Å². The zero-order valence-electron chi connectivity index (χ0n) is 8.60. The molecule has 80 valence electrons. The van der Waals surface area contributed by atoms with Crippen LogP contribution in [0.1, 0.15) is 23.2 Å². The van der Waals surface area contributed by atoms with Gasteiger partial charge in [-0.3, -0.25) is 0 Å². The van der Waals surface area contributed by atoms with Gasteiger partial charge in [0.2, 0.25) is 0 Å². The number of anilines is 2. The van der Waals surface area contributed by atoms with Crippen molar-refractivity contribution in [2.24, 2.45) is 0 Å². The summed E-state index contributed by atoms with van der Waals surface area (Å²) in [6.45, 7) is 0. The molecule has 1 aliphatic carbocycles. The van der Waals surface area contributed by atoms with E-state index in [0.717, 1.165) is 18.5 Å². The summed E-state index contributed by atoms with van der Waals surface area (Å²) in [5, 5.41) is 8.93. The van der Waals surface area contributed by atoms with Crippen molar-refractivity contribution in [2.45, 2.75) is 18.9 Å². The highest BCUT2D eigenvalue weighted by Gasteiger charge is 2.28. The number of hydrogen-bond acceptors (Lipinski definition) is 3. The number of carboxylic acid groups (broad SMARTS) is 1. The minimum Gasteiger partial charge on any atom is -0.478 e. The fourth-order valence-corrected chi connectivity index (χ4v) is 1.71. The molecule has 0 bridgehead atoms. The van der Waals surface area contributed by atoms with Crippen LogP contribution in [0.3, 0.4) is 0 Å². The first-order valence-corrected chi connectivity index (χ1v) is 4.96. The van der Waals surface area contributed by atoms with Crippen LogP contribution in [-0.2, 0) is 0 Å². The van der Waals surface area contributed by atoms with Gasteiger partial charge in [0.15, 0.2) is 0 Å².